The van der Waals surface area contributed by atoms with Crippen LogP contribution in [0, 0.1) is 0 Å². The van der Waals surface area contributed by atoms with Gasteiger partial charge in [-0.05, 0) is 36.4 Å². The number of hydrogen-bond acceptors (Lipinski definition) is 5. The van der Waals surface area contributed by atoms with Crippen molar-refractivity contribution >= 4 is 40.1 Å². The largest absolute Gasteiger partial charge is 0.495 e. The Balaban J connectivity index is 1.50. The Hall–Kier alpha value is -3.19. The van der Waals surface area contributed by atoms with E-state index in [1.165, 1.54) is 7.11 Å². The number of carbonyl (C=O) groups is 1. The van der Waals surface area contributed by atoms with Crippen molar-refractivity contribution in [3.63, 3.8) is 0 Å². The number of aromatic amines is 1. The quantitative estimate of drug-likeness (QED) is 0.744. The van der Waals surface area contributed by atoms with Gasteiger partial charge in [-0.2, -0.15) is 0 Å². The first kappa shape index (κ1) is 16.3. The highest BCUT2D eigenvalue weighted by atomic mass is 35.5. The fourth-order valence-electron chi connectivity index (χ4n) is 2.64. The van der Waals surface area contributed by atoms with Gasteiger partial charge in [-0.1, -0.05) is 11.6 Å². The summed E-state index contributed by atoms with van der Waals surface area (Å²) < 4.78 is 5.09. The van der Waals surface area contributed by atoms with Crippen LogP contribution in [0.4, 0.5) is 0 Å². The predicted octanol–water partition coefficient (Wildman–Crippen LogP) is 2.85. The summed E-state index contributed by atoms with van der Waals surface area (Å²) in [4.78, 5) is 28.6. The van der Waals surface area contributed by atoms with Crippen LogP contribution in [-0.4, -0.2) is 40.3 Å². The number of amidine groups is 1. The Morgan fingerprint density at radius 3 is 3.00 bits per heavy atom. The molecule has 1 amide bonds. The van der Waals surface area contributed by atoms with Gasteiger partial charge in [0.2, 0.25) is 0 Å². The Kier molecular flexibility index (Phi) is 4.14. The number of methoxy groups -OCH3 is 1. The Bertz CT molecular complexity index is 1040. The zero-order chi connectivity index (χ0) is 18.1. The lowest BCUT2D eigenvalue weighted by Gasteiger charge is -2.06. The number of aromatic nitrogens is 3. The lowest BCUT2D eigenvalue weighted by molar-refractivity contribution is 0.0977. The summed E-state index contributed by atoms with van der Waals surface area (Å²) in [5.74, 6) is 1.39. The molecule has 0 radical (unpaired) electrons. The van der Waals surface area contributed by atoms with E-state index in [-0.39, 0.29) is 5.91 Å². The number of H-pyrrole nitrogens is 1. The van der Waals surface area contributed by atoms with E-state index in [2.05, 4.69) is 25.3 Å². The third kappa shape index (κ3) is 3.04. The third-order valence-corrected chi connectivity index (χ3v) is 4.24. The summed E-state index contributed by atoms with van der Waals surface area (Å²) in [6.07, 6.45) is 3.48. The van der Waals surface area contributed by atoms with Gasteiger partial charge < -0.3 is 15.0 Å². The van der Waals surface area contributed by atoms with Crippen LogP contribution in [0.2, 0.25) is 5.02 Å². The zero-order valence-electron chi connectivity index (χ0n) is 13.8. The highest BCUT2D eigenvalue weighted by molar-refractivity contribution is 6.32. The number of ether oxygens (including phenoxy) is 1. The molecule has 1 aromatic carbocycles. The van der Waals surface area contributed by atoms with Crippen molar-refractivity contribution in [1.82, 2.24) is 20.3 Å². The summed E-state index contributed by atoms with van der Waals surface area (Å²) in [6, 6.07) is 8.60. The Labute approximate surface area is 153 Å². The molecule has 2 aromatic heterocycles. The lowest BCUT2D eigenvalue weighted by Crippen LogP contribution is -2.28. The van der Waals surface area contributed by atoms with Crippen molar-refractivity contribution in [1.29, 1.82) is 0 Å². The maximum absolute atomic E-state index is 12.4. The molecule has 0 atom stereocenters. The number of hydrogen-bond donors (Lipinski definition) is 2. The topological polar surface area (TPSA) is 92.3 Å². The van der Waals surface area contributed by atoms with Gasteiger partial charge in [0.15, 0.2) is 5.65 Å². The molecule has 0 saturated carbocycles. The maximum atomic E-state index is 12.4. The van der Waals surface area contributed by atoms with Crippen LogP contribution in [0.15, 0.2) is 47.6 Å². The minimum absolute atomic E-state index is 0.294. The number of rotatable bonds is 3. The monoisotopic (exact) mass is 367 g/mol. The average Bonchev–Trinajstić information content (AvgIpc) is 3.28. The second-order valence-corrected chi connectivity index (χ2v) is 6.04. The highest BCUT2D eigenvalue weighted by Gasteiger charge is 2.17. The molecule has 0 unspecified atom stereocenters. The summed E-state index contributed by atoms with van der Waals surface area (Å²) in [5.41, 5.74) is 2.81. The van der Waals surface area contributed by atoms with Gasteiger partial charge in [-0.3, -0.25) is 9.79 Å². The number of carbonyl (C=O) groups excluding carboxylic acids is 1. The van der Waals surface area contributed by atoms with Crippen LogP contribution in [-0.2, 0) is 0 Å². The van der Waals surface area contributed by atoms with Gasteiger partial charge in [0, 0.05) is 17.3 Å². The molecule has 0 spiro atoms. The molecule has 3 heterocycles. The molecular formula is C18H14ClN5O2. The summed E-state index contributed by atoms with van der Waals surface area (Å²) in [7, 11) is 1.52. The Morgan fingerprint density at radius 1 is 1.35 bits per heavy atom. The van der Waals surface area contributed by atoms with E-state index in [0.29, 0.717) is 40.2 Å². The molecular weight excluding hydrogens is 354 g/mol. The number of nitrogens with one attached hydrogen (secondary N) is 2. The highest BCUT2D eigenvalue weighted by Crippen LogP contribution is 2.25. The van der Waals surface area contributed by atoms with E-state index >= 15 is 0 Å². The van der Waals surface area contributed by atoms with Crippen molar-refractivity contribution in [2.75, 3.05) is 13.7 Å². The normalized spacial score (nSPS) is 13.5. The van der Waals surface area contributed by atoms with E-state index in [1.807, 2.05) is 12.1 Å². The summed E-state index contributed by atoms with van der Waals surface area (Å²) in [6.45, 7) is 0.429. The molecule has 4 rings (SSSR count). The first-order valence-corrected chi connectivity index (χ1v) is 8.23. The standard InChI is InChI=1S/C18H14ClN5O2/c1-26-14-5-4-10(7-12(14)19)18(25)23-15-8-11(9-21-15)16-22-13-3-2-6-20-17(13)24-16/h2-8H,9H2,1H3,(H,20,22,24)(H,21,23,25). The molecule has 3 aromatic rings. The van der Waals surface area contributed by atoms with E-state index in [4.69, 9.17) is 16.3 Å². The lowest BCUT2D eigenvalue weighted by atomic mass is 10.2. The first-order chi connectivity index (χ1) is 12.6. The molecule has 0 bridgehead atoms. The number of aliphatic imine (C=N–C) groups is 1. The summed E-state index contributed by atoms with van der Waals surface area (Å²) >= 11 is 6.07. The van der Waals surface area contributed by atoms with E-state index in [1.54, 1.807) is 30.5 Å². The van der Waals surface area contributed by atoms with Crippen molar-refractivity contribution in [3.05, 3.63) is 59.0 Å². The van der Waals surface area contributed by atoms with Crippen molar-refractivity contribution in [2.24, 2.45) is 4.99 Å². The van der Waals surface area contributed by atoms with Crippen LogP contribution in [0.25, 0.3) is 16.7 Å². The molecule has 2 N–H and O–H groups in total. The number of imidazole rings is 1. The van der Waals surface area contributed by atoms with Gasteiger partial charge in [-0.15, -0.1) is 0 Å². The summed E-state index contributed by atoms with van der Waals surface area (Å²) in [5, 5.41) is 3.15. The van der Waals surface area contributed by atoms with Gasteiger partial charge in [-0.25, -0.2) is 9.97 Å². The molecule has 7 nitrogen and oxygen atoms in total. The van der Waals surface area contributed by atoms with Crippen LogP contribution < -0.4 is 10.1 Å². The van der Waals surface area contributed by atoms with E-state index < -0.39 is 0 Å². The number of fused-ring (bicyclic) bond motifs is 1. The zero-order valence-corrected chi connectivity index (χ0v) is 14.5. The fraction of sp³-hybridized carbons (Fsp3) is 0.111. The Morgan fingerprint density at radius 2 is 2.23 bits per heavy atom. The number of amides is 1. The number of pyridine rings is 1. The molecule has 1 aliphatic heterocycles. The second kappa shape index (κ2) is 6.61. The molecule has 1 aliphatic rings. The van der Waals surface area contributed by atoms with Crippen LogP contribution >= 0.6 is 11.6 Å². The number of nitrogens with zero attached hydrogens (tertiary/aromatic N) is 3. The smallest absolute Gasteiger partial charge is 0.256 e. The molecule has 0 aliphatic carbocycles. The van der Waals surface area contributed by atoms with Crippen LogP contribution in [0.1, 0.15) is 16.2 Å². The van der Waals surface area contributed by atoms with Crippen molar-refractivity contribution in [3.8, 4) is 5.75 Å². The average molecular weight is 368 g/mol. The molecule has 0 fully saturated rings. The minimum atomic E-state index is -0.294. The molecule has 26 heavy (non-hydrogen) atoms. The van der Waals surface area contributed by atoms with Gasteiger partial charge in [0.05, 0.1) is 24.2 Å². The van der Waals surface area contributed by atoms with Crippen molar-refractivity contribution in [2.45, 2.75) is 0 Å². The van der Waals surface area contributed by atoms with Gasteiger partial charge in [0.1, 0.15) is 17.4 Å². The van der Waals surface area contributed by atoms with E-state index in [9.17, 15) is 4.79 Å². The SMILES string of the molecule is COc1ccc(C(=O)NC2=NCC(c3nc4ncccc4[nH]3)=C2)cc1Cl. The van der Waals surface area contributed by atoms with E-state index in [0.717, 1.165) is 11.1 Å². The third-order valence-electron chi connectivity index (χ3n) is 3.95. The number of halogens is 1. The molecule has 0 saturated heterocycles. The van der Waals surface area contributed by atoms with Gasteiger partial charge >= 0.3 is 0 Å². The van der Waals surface area contributed by atoms with Gasteiger partial charge in [0.25, 0.3) is 5.91 Å². The first-order valence-electron chi connectivity index (χ1n) is 7.85. The predicted molar refractivity (Wildman–Crippen MR) is 99.6 cm³/mol. The van der Waals surface area contributed by atoms with Crippen LogP contribution in [0.3, 0.4) is 0 Å². The van der Waals surface area contributed by atoms with Crippen molar-refractivity contribution < 1.29 is 9.53 Å². The van der Waals surface area contributed by atoms with Crippen LogP contribution in [0.5, 0.6) is 5.75 Å². The minimum Gasteiger partial charge on any atom is -0.495 e. The molecule has 8 heteroatoms. The second-order valence-electron chi connectivity index (χ2n) is 5.63. The number of benzene rings is 1. The maximum Gasteiger partial charge on any atom is 0.256 e. The fourth-order valence-corrected chi connectivity index (χ4v) is 2.90. The molecule has 130 valence electrons.